The van der Waals surface area contributed by atoms with E-state index < -0.39 is 59.4 Å². The maximum Gasteiger partial charge on any atom is 0.328 e. The first-order valence-corrected chi connectivity index (χ1v) is 15.9. The van der Waals surface area contributed by atoms with Crippen LogP contribution in [0.2, 0.25) is 0 Å². The summed E-state index contributed by atoms with van der Waals surface area (Å²) < 4.78 is 16.0. The lowest BCUT2D eigenvalue weighted by Crippen LogP contribution is -2.59. The SMILES string of the molecule is COC(=O)[C@@H]1C[C@@H](O)CN1C(=O)CCC(=O)OCC(=O)[C@@]1(OC(C)=O)CC[C@H]2[C@@H]3CCC4=CC(=O)CC[C@]4(C)[C@H]3CC[C@@]21C. The van der Waals surface area contributed by atoms with Crippen molar-refractivity contribution in [2.75, 3.05) is 20.3 Å². The van der Waals surface area contributed by atoms with E-state index in [1.165, 1.54) is 24.5 Å². The van der Waals surface area contributed by atoms with Crippen LogP contribution in [-0.4, -0.2) is 83.4 Å². The molecule has 11 heteroatoms. The Morgan fingerprint density at radius 3 is 2.43 bits per heavy atom. The molecule has 1 saturated heterocycles. The highest BCUT2D eigenvalue weighted by atomic mass is 16.6. The monoisotopic (exact) mass is 615 g/mol. The van der Waals surface area contributed by atoms with Gasteiger partial charge in [-0.05, 0) is 74.2 Å². The zero-order valence-corrected chi connectivity index (χ0v) is 26.2. The largest absolute Gasteiger partial charge is 0.467 e. The molecule has 44 heavy (non-hydrogen) atoms. The average molecular weight is 616 g/mol. The molecular weight excluding hydrogens is 570 g/mol. The van der Waals surface area contributed by atoms with Crippen LogP contribution in [-0.2, 0) is 43.0 Å². The smallest absolute Gasteiger partial charge is 0.328 e. The molecule has 5 rings (SSSR count). The Bertz CT molecular complexity index is 1270. The lowest BCUT2D eigenvalue weighted by Gasteiger charge is -2.59. The number of rotatable bonds is 8. The number of Topliss-reactive ketones (excluding diaryl/α,β-unsaturated/α-hetero) is 1. The zero-order chi connectivity index (χ0) is 32.0. The van der Waals surface area contributed by atoms with Gasteiger partial charge in [-0.2, -0.15) is 0 Å². The van der Waals surface area contributed by atoms with Crippen LogP contribution in [0.1, 0.15) is 91.4 Å². The third-order valence-electron chi connectivity index (χ3n) is 11.8. The summed E-state index contributed by atoms with van der Waals surface area (Å²) in [5, 5.41) is 9.94. The van der Waals surface area contributed by atoms with Crippen molar-refractivity contribution < 1.29 is 48.1 Å². The molecule has 0 aromatic heterocycles. The van der Waals surface area contributed by atoms with Crippen LogP contribution < -0.4 is 0 Å². The summed E-state index contributed by atoms with van der Waals surface area (Å²) in [5.41, 5.74) is -0.818. The maximum atomic E-state index is 13.9. The third kappa shape index (κ3) is 5.39. The first kappa shape index (κ1) is 32.3. The Balaban J connectivity index is 1.25. The molecule has 0 aromatic carbocycles. The molecule has 242 valence electrons. The number of nitrogens with zero attached hydrogens (tertiary/aromatic N) is 1. The summed E-state index contributed by atoms with van der Waals surface area (Å²) in [6.45, 7) is 5.02. The van der Waals surface area contributed by atoms with E-state index in [2.05, 4.69) is 6.92 Å². The van der Waals surface area contributed by atoms with E-state index >= 15 is 0 Å². The minimum atomic E-state index is -1.41. The summed E-state index contributed by atoms with van der Waals surface area (Å²) >= 11 is 0. The topological polar surface area (TPSA) is 154 Å². The van der Waals surface area contributed by atoms with E-state index in [4.69, 9.17) is 14.2 Å². The Morgan fingerprint density at radius 2 is 1.73 bits per heavy atom. The van der Waals surface area contributed by atoms with Gasteiger partial charge in [-0.25, -0.2) is 4.79 Å². The predicted molar refractivity (Wildman–Crippen MR) is 155 cm³/mol. The molecule has 5 aliphatic rings. The number of amides is 1. The Morgan fingerprint density at radius 1 is 1.00 bits per heavy atom. The van der Waals surface area contributed by atoms with Gasteiger partial charge in [0.1, 0.15) is 6.04 Å². The summed E-state index contributed by atoms with van der Waals surface area (Å²) in [6.07, 6.45) is 6.30. The van der Waals surface area contributed by atoms with Crippen LogP contribution in [0, 0.1) is 28.6 Å². The molecule has 0 unspecified atom stereocenters. The van der Waals surface area contributed by atoms with Gasteiger partial charge in [0.25, 0.3) is 0 Å². The van der Waals surface area contributed by atoms with Gasteiger partial charge in [0.05, 0.1) is 19.6 Å². The number of ketones is 2. The lowest BCUT2D eigenvalue weighted by atomic mass is 9.46. The molecule has 3 saturated carbocycles. The first-order chi connectivity index (χ1) is 20.8. The fourth-order valence-corrected chi connectivity index (χ4v) is 9.62. The van der Waals surface area contributed by atoms with E-state index in [0.29, 0.717) is 31.1 Å². The number of carbonyl (C=O) groups is 6. The van der Waals surface area contributed by atoms with Gasteiger partial charge in [0.2, 0.25) is 11.7 Å². The van der Waals surface area contributed by atoms with Crippen LogP contribution in [0.15, 0.2) is 11.6 Å². The quantitative estimate of drug-likeness (QED) is 0.319. The number of esters is 3. The van der Waals surface area contributed by atoms with Crippen molar-refractivity contribution in [3.05, 3.63) is 11.6 Å². The second kappa shape index (κ2) is 12.0. The van der Waals surface area contributed by atoms with Crippen molar-refractivity contribution in [2.45, 2.75) is 109 Å². The highest BCUT2D eigenvalue weighted by Gasteiger charge is 2.68. The standard InChI is InChI=1S/C33H45NO10/c1-19(35)44-33(27(38)18-43-29(40)8-7-28(39)34-17-22(37)16-26(34)30(41)42-4)14-11-25-23-6-5-20-15-21(36)9-12-31(20,2)24(23)10-13-32(25,33)3/h15,22-26,37H,5-14,16-18H2,1-4H3/t22-,23-,24+,25+,26+,31+,32+,33+/m1/s1. The molecule has 0 radical (unpaired) electrons. The molecule has 1 N–H and O–H groups in total. The number of methoxy groups -OCH3 is 1. The van der Waals surface area contributed by atoms with Gasteiger partial charge < -0.3 is 24.2 Å². The molecule has 4 fully saturated rings. The van der Waals surface area contributed by atoms with Crippen molar-refractivity contribution in [3.63, 3.8) is 0 Å². The predicted octanol–water partition coefficient (Wildman–Crippen LogP) is 2.85. The van der Waals surface area contributed by atoms with Crippen LogP contribution >= 0.6 is 0 Å². The fraction of sp³-hybridized carbons (Fsp3) is 0.758. The van der Waals surface area contributed by atoms with E-state index in [1.54, 1.807) is 0 Å². The number of allylic oxidation sites excluding steroid dienone is 1. The van der Waals surface area contributed by atoms with Crippen LogP contribution in [0.3, 0.4) is 0 Å². The average Bonchev–Trinajstić information content (AvgIpc) is 3.52. The second-order valence-electron chi connectivity index (χ2n) is 13.9. The van der Waals surface area contributed by atoms with Crippen LogP contribution in [0.4, 0.5) is 0 Å². The summed E-state index contributed by atoms with van der Waals surface area (Å²) in [7, 11) is 1.20. The summed E-state index contributed by atoms with van der Waals surface area (Å²) in [5.74, 6) is -1.82. The minimum Gasteiger partial charge on any atom is -0.467 e. The Hall–Kier alpha value is -3.08. The molecule has 1 aliphatic heterocycles. The number of aliphatic hydroxyl groups excluding tert-OH is 1. The number of carbonyl (C=O) groups excluding carboxylic acids is 6. The molecule has 0 spiro atoms. The van der Waals surface area contributed by atoms with Gasteiger partial charge in [0, 0.05) is 38.1 Å². The van der Waals surface area contributed by atoms with Crippen LogP contribution in [0.25, 0.3) is 0 Å². The van der Waals surface area contributed by atoms with E-state index in [-0.39, 0.29) is 42.9 Å². The first-order valence-electron chi connectivity index (χ1n) is 15.9. The summed E-state index contributed by atoms with van der Waals surface area (Å²) in [4.78, 5) is 77.2. The van der Waals surface area contributed by atoms with Crippen molar-refractivity contribution in [2.24, 2.45) is 28.6 Å². The Labute approximate surface area is 258 Å². The normalized spacial score (nSPS) is 37.7. The molecule has 1 heterocycles. The minimum absolute atomic E-state index is 0.0342. The van der Waals surface area contributed by atoms with Gasteiger partial charge in [-0.3, -0.25) is 24.0 Å². The molecular formula is C33H45NO10. The summed E-state index contributed by atoms with van der Waals surface area (Å²) in [6, 6.07) is -0.912. The molecule has 8 atom stereocenters. The van der Waals surface area contributed by atoms with E-state index in [1.807, 2.05) is 13.0 Å². The molecule has 1 amide bonds. The van der Waals surface area contributed by atoms with Gasteiger partial charge in [0.15, 0.2) is 18.0 Å². The van der Waals surface area contributed by atoms with E-state index in [9.17, 15) is 33.9 Å². The number of β-amino-alcohol motifs (C(OH)–C–C–N with tert-alkyl or cyclic N) is 1. The van der Waals surface area contributed by atoms with Gasteiger partial charge in [-0.1, -0.05) is 19.4 Å². The fourth-order valence-electron chi connectivity index (χ4n) is 9.62. The maximum absolute atomic E-state index is 13.9. The molecule has 4 aliphatic carbocycles. The highest BCUT2D eigenvalue weighted by molar-refractivity contribution is 5.94. The Kier molecular flexibility index (Phi) is 8.83. The van der Waals surface area contributed by atoms with Gasteiger partial charge in [-0.15, -0.1) is 0 Å². The van der Waals surface area contributed by atoms with Crippen molar-refractivity contribution in [1.29, 1.82) is 0 Å². The molecule has 0 bridgehead atoms. The highest BCUT2D eigenvalue weighted by Crippen LogP contribution is 2.68. The number of aliphatic hydroxyl groups is 1. The van der Waals surface area contributed by atoms with Crippen molar-refractivity contribution in [3.8, 4) is 0 Å². The van der Waals surface area contributed by atoms with Gasteiger partial charge >= 0.3 is 17.9 Å². The number of hydrogen-bond donors (Lipinski definition) is 1. The lowest BCUT2D eigenvalue weighted by molar-refractivity contribution is -0.191. The third-order valence-corrected chi connectivity index (χ3v) is 11.8. The number of likely N-dealkylation sites (tertiary alicyclic amines) is 1. The van der Waals surface area contributed by atoms with E-state index in [0.717, 1.165) is 32.1 Å². The van der Waals surface area contributed by atoms with Crippen molar-refractivity contribution >= 4 is 35.4 Å². The number of hydrogen-bond acceptors (Lipinski definition) is 10. The van der Waals surface area contributed by atoms with Crippen molar-refractivity contribution in [1.82, 2.24) is 4.90 Å². The molecule has 0 aromatic rings. The molecule has 11 nitrogen and oxygen atoms in total. The van der Waals surface area contributed by atoms with Crippen LogP contribution in [0.5, 0.6) is 0 Å². The zero-order valence-electron chi connectivity index (χ0n) is 26.2. The number of ether oxygens (including phenoxy) is 3. The number of fused-ring (bicyclic) bond motifs is 5. The second-order valence-corrected chi connectivity index (χ2v) is 13.9.